The number of hydrogen-bond acceptors (Lipinski definition) is 2. The van der Waals surface area contributed by atoms with Gasteiger partial charge in [-0.15, -0.1) is 11.3 Å². The second-order valence-electron chi connectivity index (χ2n) is 11.7. The van der Waals surface area contributed by atoms with Crippen LogP contribution in [0.2, 0.25) is 0 Å². The van der Waals surface area contributed by atoms with E-state index in [0.717, 1.165) is 27.6 Å². The van der Waals surface area contributed by atoms with Gasteiger partial charge in [0.2, 0.25) is 0 Å². The maximum Gasteiger partial charge on any atom is 0.159 e. The summed E-state index contributed by atoms with van der Waals surface area (Å²) in [5, 5.41) is 7.36. The highest BCUT2D eigenvalue weighted by molar-refractivity contribution is 7.25. The standard InChI is InChI=1S/C42H25NOS/c1-2-10-26(11-3-1)27-20-22-31-30-12-4-6-16-35(30)43(37(31)25-27)36-17-8-15-33-41-29(14-9-18-38(41)44-42(33)36)28-21-23-40-34(24-28)32-13-5-7-19-39(32)45-40/h1-25H. The van der Waals surface area contributed by atoms with Gasteiger partial charge in [0.15, 0.2) is 5.58 Å². The van der Waals surface area contributed by atoms with Gasteiger partial charge in [-0.1, -0.05) is 109 Å². The van der Waals surface area contributed by atoms with E-state index < -0.39 is 0 Å². The number of thiophene rings is 1. The van der Waals surface area contributed by atoms with Gasteiger partial charge in [-0.25, -0.2) is 0 Å². The summed E-state index contributed by atoms with van der Waals surface area (Å²) >= 11 is 1.85. The Balaban J connectivity index is 1.25. The van der Waals surface area contributed by atoms with Gasteiger partial charge in [0.1, 0.15) is 5.58 Å². The zero-order chi connectivity index (χ0) is 29.5. The lowest BCUT2D eigenvalue weighted by atomic mass is 9.98. The van der Waals surface area contributed by atoms with Crippen LogP contribution >= 0.6 is 11.3 Å². The zero-order valence-corrected chi connectivity index (χ0v) is 25.0. The van der Waals surface area contributed by atoms with Gasteiger partial charge < -0.3 is 8.98 Å². The van der Waals surface area contributed by atoms with Gasteiger partial charge in [-0.2, -0.15) is 0 Å². The first kappa shape index (κ1) is 24.8. The fourth-order valence-electron chi connectivity index (χ4n) is 7.18. The first-order valence-electron chi connectivity index (χ1n) is 15.3. The van der Waals surface area contributed by atoms with Crippen molar-refractivity contribution in [2.45, 2.75) is 0 Å². The molecule has 0 N–H and O–H groups in total. The third kappa shape index (κ3) is 3.62. The van der Waals surface area contributed by atoms with Crippen molar-refractivity contribution in [2.24, 2.45) is 0 Å². The monoisotopic (exact) mass is 591 g/mol. The smallest absolute Gasteiger partial charge is 0.159 e. The highest BCUT2D eigenvalue weighted by Crippen LogP contribution is 2.43. The van der Waals surface area contributed by atoms with E-state index in [1.54, 1.807) is 0 Å². The lowest BCUT2D eigenvalue weighted by Gasteiger charge is -2.10. The molecule has 3 aromatic heterocycles. The minimum absolute atomic E-state index is 0.898. The van der Waals surface area contributed by atoms with E-state index in [2.05, 4.69) is 156 Å². The molecule has 10 aromatic rings. The van der Waals surface area contributed by atoms with Crippen LogP contribution in [0.25, 0.3) is 91.9 Å². The molecule has 0 aliphatic carbocycles. The van der Waals surface area contributed by atoms with E-state index in [1.165, 1.54) is 64.2 Å². The number of furan rings is 1. The first-order chi connectivity index (χ1) is 22.3. The van der Waals surface area contributed by atoms with Crippen LogP contribution in [0.5, 0.6) is 0 Å². The van der Waals surface area contributed by atoms with E-state index in [9.17, 15) is 0 Å². The zero-order valence-electron chi connectivity index (χ0n) is 24.2. The molecular formula is C42H25NOS. The SMILES string of the molecule is c1ccc(-c2ccc3c4ccccc4n(-c4cccc5c4oc4cccc(-c6ccc7sc8ccccc8c7c6)c45)c3c2)cc1. The summed E-state index contributed by atoms with van der Waals surface area (Å²) in [6.07, 6.45) is 0. The van der Waals surface area contributed by atoms with Crippen LogP contribution in [-0.4, -0.2) is 4.57 Å². The summed E-state index contributed by atoms with van der Waals surface area (Å²) in [7, 11) is 0. The van der Waals surface area contributed by atoms with Crippen molar-refractivity contribution in [1.29, 1.82) is 0 Å². The molecule has 0 aliphatic rings. The van der Waals surface area contributed by atoms with Gasteiger partial charge in [0, 0.05) is 41.7 Å². The Morgan fingerprint density at radius 2 is 1.18 bits per heavy atom. The summed E-state index contributed by atoms with van der Waals surface area (Å²) < 4.78 is 11.8. The average Bonchev–Trinajstić information content (AvgIpc) is 3.77. The number of nitrogens with zero attached hydrogens (tertiary/aromatic N) is 1. The Morgan fingerprint density at radius 1 is 0.444 bits per heavy atom. The Bertz CT molecular complexity index is 2760. The predicted molar refractivity (Wildman–Crippen MR) is 192 cm³/mol. The van der Waals surface area contributed by atoms with Crippen molar-refractivity contribution < 1.29 is 4.42 Å². The summed E-state index contributed by atoms with van der Waals surface area (Å²) in [5.41, 5.74) is 9.97. The second-order valence-corrected chi connectivity index (χ2v) is 12.8. The number of rotatable bonds is 3. The molecular weight excluding hydrogens is 567 g/mol. The van der Waals surface area contributed by atoms with Crippen molar-refractivity contribution in [2.75, 3.05) is 0 Å². The topological polar surface area (TPSA) is 18.1 Å². The minimum atomic E-state index is 0.898. The quantitative estimate of drug-likeness (QED) is 0.200. The van der Waals surface area contributed by atoms with Crippen molar-refractivity contribution in [3.63, 3.8) is 0 Å². The molecule has 0 spiro atoms. The molecule has 3 heterocycles. The van der Waals surface area contributed by atoms with Gasteiger partial charge >= 0.3 is 0 Å². The molecule has 10 rings (SSSR count). The number of hydrogen-bond donors (Lipinski definition) is 0. The Labute approximate surface area is 263 Å². The highest BCUT2D eigenvalue weighted by atomic mass is 32.1. The van der Waals surface area contributed by atoms with E-state index in [0.29, 0.717) is 0 Å². The molecule has 0 fully saturated rings. The second kappa shape index (κ2) is 9.43. The molecule has 3 heteroatoms. The molecule has 0 saturated heterocycles. The van der Waals surface area contributed by atoms with Crippen LogP contribution in [0, 0.1) is 0 Å². The molecule has 2 nitrogen and oxygen atoms in total. The fraction of sp³-hybridized carbons (Fsp3) is 0. The molecule has 0 amide bonds. The maximum atomic E-state index is 6.81. The van der Waals surface area contributed by atoms with Crippen molar-refractivity contribution in [1.82, 2.24) is 4.57 Å². The Kier molecular flexibility index (Phi) is 5.19. The summed E-state index contributed by atoms with van der Waals surface area (Å²) in [4.78, 5) is 0. The third-order valence-corrected chi connectivity index (χ3v) is 10.4. The van der Waals surface area contributed by atoms with Crippen molar-refractivity contribution in [3.8, 4) is 27.9 Å². The largest absolute Gasteiger partial charge is 0.454 e. The van der Waals surface area contributed by atoms with Crippen molar-refractivity contribution in [3.05, 3.63) is 152 Å². The van der Waals surface area contributed by atoms with Crippen LogP contribution in [0.15, 0.2) is 156 Å². The number of benzene rings is 7. The Morgan fingerprint density at radius 3 is 2.11 bits per heavy atom. The average molecular weight is 592 g/mol. The summed E-state index contributed by atoms with van der Waals surface area (Å²) in [5.74, 6) is 0. The van der Waals surface area contributed by atoms with E-state index in [-0.39, 0.29) is 0 Å². The van der Waals surface area contributed by atoms with Crippen LogP contribution in [-0.2, 0) is 0 Å². The van der Waals surface area contributed by atoms with E-state index in [4.69, 9.17) is 4.42 Å². The molecule has 0 atom stereocenters. The number of aromatic nitrogens is 1. The van der Waals surface area contributed by atoms with Crippen LogP contribution in [0.3, 0.4) is 0 Å². The van der Waals surface area contributed by atoms with Crippen LogP contribution in [0.1, 0.15) is 0 Å². The molecule has 0 radical (unpaired) electrons. The fourth-order valence-corrected chi connectivity index (χ4v) is 8.27. The lowest BCUT2D eigenvalue weighted by molar-refractivity contribution is 0.666. The van der Waals surface area contributed by atoms with Crippen molar-refractivity contribution >= 4 is 75.3 Å². The van der Waals surface area contributed by atoms with E-state index in [1.807, 2.05) is 11.3 Å². The summed E-state index contributed by atoms with van der Waals surface area (Å²) in [6, 6.07) is 54.7. The van der Waals surface area contributed by atoms with Gasteiger partial charge in [-0.05, 0) is 64.7 Å². The van der Waals surface area contributed by atoms with Crippen LogP contribution < -0.4 is 0 Å². The number of para-hydroxylation sites is 2. The molecule has 45 heavy (non-hydrogen) atoms. The maximum absolute atomic E-state index is 6.81. The minimum Gasteiger partial charge on any atom is -0.454 e. The summed E-state index contributed by atoms with van der Waals surface area (Å²) in [6.45, 7) is 0. The van der Waals surface area contributed by atoms with Gasteiger partial charge in [-0.3, -0.25) is 0 Å². The molecule has 210 valence electrons. The predicted octanol–water partition coefficient (Wildman–Crippen LogP) is 12.4. The lowest BCUT2D eigenvalue weighted by Crippen LogP contribution is -1.94. The van der Waals surface area contributed by atoms with Crippen LogP contribution in [0.4, 0.5) is 0 Å². The Hall–Kier alpha value is -5.64. The first-order valence-corrected chi connectivity index (χ1v) is 16.1. The molecule has 0 unspecified atom stereocenters. The normalized spacial score (nSPS) is 12.0. The molecule has 0 bridgehead atoms. The van der Waals surface area contributed by atoms with Gasteiger partial charge in [0.25, 0.3) is 0 Å². The third-order valence-electron chi connectivity index (χ3n) is 9.21. The molecule has 7 aromatic carbocycles. The van der Waals surface area contributed by atoms with E-state index >= 15 is 0 Å². The molecule has 0 saturated carbocycles. The number of fused-ring (bicyclic) bond motifs is 9. The van der Waals surface area contributed by atoms with Gasteiger partial charge in [0.05, 0.1) is 16.7 Å². The highest BCUT2D eigenvalue weighted by Gasteiger charge is 2.20. The molecule has 0 aliphatic heterocycles.